The molecule has 2 fully saturated rings. The van der Waals surface area contributed by atoms with E-state index in [-0.39, 0.29) is 29.0 Å². The van der Waals surface area contributed by atoms with E-state index in [4.69, 9.17) is 5.73 Å². The molecule has 1 aromatic heterocycles. The first-order valence-electron chi connectivity index (χ1n) is 8.38. The minimum Gasteiger partial charge on any atom is -0.369 e. The number of hydrogen-bond donors (Lipinski definition) is 2. The van der Waals surface area contributed by atoms with E-state index in [1.807, 2.05) is 0 Å². The van der Waals surface area contributed by atoms with E-state index < -0.39 is 23.2 Å². The molecular formula is C19H17FN4O3. The minimum atomic E-state index is -1.70. The van der Waals surface area contributed by atoms with Crippen LogP contribution in [0.25, 0.3) is 11.3 Å². The normalized spacial score (nSPS) is 25.8. The zero-order valence-electron chi connectivity index (χ0n) is 14.7. The second kappa shape index (κ2) is 5.66. The van der Waals surface area contributed by atoms with Gasteiger partial charge in [0.05, 0.1) is 5.69 Å². The van der Waals surface area contributed by atoms with Crippen molar-refractivity contribution >= 4 is 11.8 Å². The fraction of sp³-hybridized carbons (Fsp3) is 0.316. The summed E-state index contributed by atoms with van der Waals surface area (Å²) in [5.41, 5.74) is 4.36. The topological polar surface area (TPSA) is 101 Å². The SMILES string of the molecule is CN1C(=O)C(O)(C#Cc2ccc(F)c(-c3cn(C)c(C(N)=O)n3)c2)C2CC21. The Morgan fingerprint density at radius 1 is 1.44 bits per heavy atom. The number of carbonyl (C=O) groups excluding carboxylic acids is 2. The molecule has 1 aromatic carbocycles. The number of amides is 2. The second-order valence-corrected chi connectivity index (χ2v) is 6.96. The smallest absolute Gasteiger partial charge is 0.284 e. The molecule has 2 aliphatic rings. The standard InChI is InChI=1S/C19H17FN4O3/c1-23-9-14(22-17(23)16(21)25)11-7-10(3-4-13(11)20)5-6-19(27)12-8-15(12)24(2)18(19)26/h3-4,7,9,12,15,27H,8H2,1-2H3,(H2,21,25). The van der Waals surface area contributed by atoms with Crippen molar-refractivity contribution in [1.82, 2.24) is 14.5 Å². The molecule has 2 heterocycles. The van der Waals surface area contributed by atoms with Crippen molar-refractivity contribution in [2.45, 2.75) is 18.1 Å². The summed E-state index contributed by atoms with van der Waals surface area (Å²) >= 11 is 0. The van der Waals surface area contributed by atoms with Crippen LogP contribution in [0.5, 0.6) is 0 Å². The predicted molar refractivity (Wildman–Crippen MR) is 93.6 cm³/mol. The molecule has 7 nitrogen and oxygen atoms in total. The summed E-state index contributed by atoms with van der Waals surface area (Å²) in [6.07, 6.45) is 2.22. The lowest BCUT2D eigenvalue weighted by Gasteiger charge is -2.18. The summed E-state index contributed by atoms with van der Waals surface area (Å²) in [5, 5.41) is 10.6. The summed E-state index contributed by atoms with van der Waals surface area (Å²) < 4.78 is 15.7. The molecular weight excluding hydrogens is 351 g/mol. The molecule has 2 amide bonds. The number of carbonyl (C=O) groups is 2. The van der Waals surface area contributed by atoms with Gasteiger partial charge in [0.15, 0.2) is 5.82 Å². The van der Waals surface area contributed by atoms with Crippen LogP contribution in [0.15, 0.2) is 24.4 Å². The minimum absolute atomic E-state index is 0.00885. The molecule has 1 saturated heterocycles. The maximum atomic E-state index is 14.3. The van der Waals surface area contributed by atoms with Crippen molar-refractivity contribution in [3.05, 3.63) is 41.6 Å². The summed E-state index contributed by atoms with van der Waals surface area (Å²) in [6.45, 7) is 0. The molecule has 2 aromatic rings. The van der Waals surface area contributed by atoms with Gasteiger partial charge in [-0.15, -0.1) is 0 Å². The van der Waals surface area contributed by atoms with E-state index in [0.29, 0.717) is 5.56 Å². The molecule has 8 heteroatoms. The van der Waals surface area contributed by atoms with Crippen molar-refractivity contribution < 1.29 is 19.1 Å². The number of piperidine rings is 1. The molecule has 4 rings (SSSR count). The third kappa shape index (κ3) is 2.59. The van der Waals surface area contributed by atoms with Gasteiger partial charge in [0.1, 0.15) is 5.82 Å². The Bertz CT molecular complexity index is 1050. The lowest BCUT2D eigenvalue weighted by Crippen LogP contribution is -2.41. The maximum Gasteiger partial charge on any atom is 0.284 e. The lowest BCUT2D eigenvalue weighted by atomic mass is 9.98. The number of hydrogen-bond acceptors (Lipinski definition) is 4. The molecule has 0 radical (unpaired) electrons. The third-order valence-electron chi connectivity index (χ3n) is 5.17. The Hall–Kier alpha value is -3.18. The third-order valence-corrected chi connectivity index (χ3v) is 5.17. The Kier molecular flexibility index (Phi) is 3.61. The zero-order chi connectivity index (χ0) is 19.5. The average molecular weight is 368 g/mol. The van der Waals surface area contributed by atoms with Crippen molar-refractivity contribution in [1.29, 1.82) is 0 Å². The quantitative estimate of drug-likeness (QED) is 0.743. The number of aliphatic hydroxyl groups is 1. The van der Waals surface area contributed by atoms with Crippen molar-refractivity contribution in [3.8, 4) is 23.1 Å². The number of likely N-dealkylation sites (N-methyl/N-ethyl adjacent to an activating group) is 1. The van der Waals surface area contributed by atoms with Gasteiger partial charge in [-0.25, -0.2) is 9.37 Å². The number of nitrogens with two attached hydrogens (primary N) is 1. The number of aryl methyl sites for hydroxylation is 1. The number of rotatable bonds is 2. The molecule has 0 bridgehead atoms. The lowest BCUT2D eigenvalue weighted by molar-refractivity contribution is -0.140. The van der Waals surface area contributed by atoms with Gasteiger partial charge in [-0.1, -0.05) is 11.8 Å². The highest BCUT2D eigenvalue weighted by molar-refractivity contribution is 5.93. The Morgan fingerprint density at radius 2 is 2.19 bits per heavy atom. The molecule has 27 heavy (non-hydrogen) atoms. The first kappa shape index (κ1) is 17.2. The molecule has 3 unspecified atom stereocenters. The summed E-state index contributed by atoms with van der Waals surface area (Å²) in [6, 6.07) is 4.19. The van der Waals surface area contributed by atoms with Crippen LogP contribution in [0.4, 0.5) is 4.39 Å². The highest BCUT2D eigenvalue weighted by Gasteiger charge is 2.66. The molecule has 1 aliphatic carbocycles. The van der Waals surface area contributed by atoms with Gasteiger partial charge in [0.2, 0.25) is 5.60 Å². The van der Waals surface area contributed by atoms with E-state index in [2.05, 4.69) is 16.8 Å². The fourth-order valence-electron chi connectivity index (χ4n) is 3.57. The Morgan fingerprint density at radius 3 is 2.78 bits per heavy atom. The monoisotopic (exact) mass is 368 g/mol. The molecule has 1 saturated carbocycles. The van der Waals surface area contributed by atoms with Crippen LogP contribution in [0.2, 0.25) is 0 Å². The van der Waals surface area contributed by atoms with Crippen molar-refractivity contribution in [3.63, 3.8) is 0 Å². The molecule has 1 aliphatic heterocycles. The van der Waals surface area contributed by atoms with Crippen LogP contribution in [0.1, 0.15) is 22.6 Å². The molecule has 138 valence electrons. The average Bonchev–Trinajstić information content (AvgIpc) is 3.31. The number of benzene rings is 1. The van der Waals surface area contributed by atoms with Gasteiger partial charge in [-0.3, -0.25) is 9.59 Å². The molecule has 0 spiro atoms. The number of imidazole rings is 1. The summed E-state index contributed by atoms with van der Waals surface area (Å²) in [5.74, 6) is 3.61. The van der Waals surface area contributed by atoms with Crippen molar-refractivity contribution in [2.24, 2.45) is 18.7 Å². The van der Waals surface area contributed by atoms with Crippen LogP contribution in [-0.2, 0) is 11.8 Å². The number of fused-ring (bicyclic) bond motifs is 1. The molecule has 3 N–H and O–H groups in total. The van der Waals surface area contributed by atoms with Gasteiger partial charge >= 0.3 is 0 Å². The number of nitrogens with zero attached hydrogens (tertiary/aromatic N) is 3. The van der Waals surface area contributed by atoms with E-state index in [1.54, 1.807) is 14.1 Å². The van der Waals surface area contributed by atoms with Gasteiger partial charge in [0.25, 0.3) is 11.8 Å². The van der Waals surface area contributed by atoms with Crippen LogP contribution >= 0.6 is 0 Å². The summed E-state index contributed by atoms with van der Waals surface area (Å²) in [4.78, 5) is 29.1. The van der Waals surface area contributed by atoms with Gasteiger partial charge in [-0.05, 0) is 24.6 Å². The highest BCUT2D eigenvalue weighted by atomic mass is 19.1. The van der Waals surface area contributed by atoms with E-state index >= 15 is 0 Å². The largest absolute Gasteiger partial charge is 0.369 e. The highest BCUT2D eigenvalue weighted by Crippen LogP contribution is 2.50. The number of likely N-dealkylation sites (tertiary alicyclic amines) is 1. The first-order chi connectivity index (χ1) is 12.7. The maximum absolute atomic E-state index is 14.3. The Labute approximate surface area is 154 Å². The first-order valence-corrected chi connectivity index (χ1v) is 8.38. The van der Waals surface area contributed by atoms with Crippen molar-refractivity contribution in [2.75, 3.05) is 7.05 Å². The summed E-state index contributed by atoms with van der Waals surface area (Å²) in [7, 11) is 3.24. The van der Waals surface area contributed by atoms with Crippen LogP contribution in [-0.4, -0.2) is 50.1 Å². The van der Waals surface area contributed by atoms with Crippen LogP contribution < -0.4 is 5.73 Å². The van der Waals surface area contributed by atoms with Crippen LogP contribution in [0.3, 0.4) is 0 Å². The second-order valence-electron chi connectivity index (χ2n) is 6.96. The number of halogens is 1. The van der Waals surface area contributed by atoms with Gasteiger partial charge < -0.3 is 20.3 Å². The number of aromatic nitrogens is 2. The molecule has 3 atom stereocenters. The van der Waals surface area contributed by atoms with Gasteiger partial charge in [0, 0.05) is 43.4 Å². The van der Waals surface area contributed by atoms with Crippen LogP contribution in [0, 0.1) is 23.6 Å². The van der Waals surface area contributed by atoms with E-state index in [1.165, 1.54) is 33.9 Å². The van der Waals surface area contributed by atoms with Gasteiger partial charge in [-0.2, -0.15) is 0 Å². The zero-order valence-corrected chi connectivity index (χ0v) is 14.7. The number of primary amides is 1. The predicted octanol–water partition coefficient (Wildman–Crippen LogP) is 0.268. The van der Waals surface area contributed by atoms with E-state index in [9.17, 15) is 19.1 Å². The fourth-order valence-corrected chi connectivity index (χ4v) is 3.57. The Balaban J connectivity index is 1.70. The van der Waals surface area contributed by atoms with E-state index in [0.717, 1.165) is 6.42 Å².